The Kier molecular flexibility index (Phi) is 5.78. The number of carbonyl (C=O) groups is 1. The van der Waals surface area contributed by atoms with Crippen molar-refractivity contribution in [3.05, 3.63) is 35.6 Å². The van der Waals surface area contributed by atoms with Crippen LogP contribution in [0.4, 0.5) is 4.39 Å². The minimum absolute atomic E-state index is 0.0905. The number of amides is 1. The predicted octanol–water partition coefficient (Wildman–Crippen LogP) is 2.17. The van der Waals surface area contributed by atoms with E-state index in [9.17, 15) is 9.18 Å². The topological polar surface area (TPSA) is 32.3 Å². The molecule has 1 amide bonds. The Morgan fingerprint density at radius 3 is 2.56 bits per heavy atom. The van der Waals surface area contributed by atoms with Gasteiger partial charge in [0.25, 0.3) is 0 Å². The molecule has 0 aliphatic carbocycles. The molecule has 1 rings (SSSR count). The van der Waals surface area contributed by atoms with E-state index in [1.54, 1.807) is 24.1 Å². The molecule has 0 heterocycles. The predicted molar refractivity (Wildman–Crippen MR) is 70.6 cm³/mol. The Labute approximate surface area is 108 Å². The maximum Gasteiger partial charge on any atom is 0.224 e. The smallest absolute Gasteiger partial charge is 0.224 e. The first-order valence-corrected chi connectivity index (χ1v) is 6.24. The fourth-order valence-corrected chi connectivity index (χ4v) is 1.79. The van der Waals surface area contributed by atoms with Crippen LogP contribution in [0.1, 0.15) is 25.8 Å². The average Bonchev–Trinajstić information content (AvgIpc) is 2.32. The zero-order valence-electron chi connectivity index (χ0n) is 11.2. The largest absolute Gasteiger partial charge is 0.341 e. The van der Waals surface area contributed by atoms with Gasteiger partial charge < -0.3 is 10.2 Å². The summed E-state index contributed by atoms with van der Waals surface area (Å²) in [6.45, 7) is 5.38. The summed E-state index contributed by atoms with van der Waals surface area (Å²) in [4.78, 5) is 13.6. The molecule has 3 nitrogen and oxygen atoms in total. The Hall–Kier alpha value is -1.42. The van der Waals surface area contributed by atoms with Crippen molar-refractivity contribution in [3.63, 3.8) is 0 Å². The molecule has 4 heteroatoms. The van der Waals surface area contributed by atoms with Crippen LogP contribution in [0.2, 0.25) is 0 Å². The molecule has 0 aliphatic heterocycles. The van der Waals surface area contributed by atoms with Crippen molar-refractivity contribution >= 4 is 5.91 Å². The first-order chi connectivity index (χ1) is 8.52. The maximum atomic E-state index is 12.8. The van der Waals surface area contributed by atoms with Gasteiger partial charge in [-0.15, -0.1) is 0 Å². The van der Waals surface area contributed by atoms with Crippen molar-refractivity contribution in [1.82, 2.24) is 10.2 Å². The summed E-state index contributed by atoms with van der Waals surface area (Å²) >= 11 is 0. The van der Waals surface area contributed by atoms with E-state index in [-0.39, 0.29) is 17.8 Å². The van der Waals surface area contributed by atoms with E-state index in [1.165, 1.54) is 12.1 Å². The molecule has 100 valence electrons. The second-order valence-electron chi connectivity index (χ2n) is 4.54. The molecule has 0 fully saturated rings. The van der Waals surface area contributed by atoms with Crippen LogP contribution in [-0.4, -0.2) is 30.4 Å². The first-order valence-electron chi connectivity index (χ1n) is 6.24. The van der Waals surface area contributed by atoms with Crippen LogP contribution < -0.4 is 5.32 Å². The molecule has 0 spiro atoms. The highest BCUT2D eigenvalue weighted by Gasteiger charge is 2.12. The number of hydrogen-bond donors (Lipinski definition) is 1. The van der Waals surface area contributed by atoms with E-state index in [4.69, 9.17) is 0 Å². The molecule has 0 bridgehead atoms. The third-order valence-corrected chi connectivity index (χ3v) is 2.79. The third-order valence-electron chi connectivity index (χ3n) is 2.79. The molecule has 18 heavy (non-hydrogen) atoms. The molecule has 0 saturated carbocycles. The number of benzene rings is 1. The van der Waals surface area contributed by atoms with Crippen LogP contribution >= 0.6 is 0 Å². The van der Waals surface area contributed by atoms with Gasteiger partial charge in [-0.1, -0.05) is 19.1 Å². The summed E-state index contributed by atoms with van der Waals surface area (Å²) in [6.07, 6.45) is 0.478. The Bertz CT molecular complexity index is 378. The van der Waals surface area contributed by atoms with Gasteiger partial charge in [0.15, 0.2) is 0 Å². The lowest BCUT2D eigenvalue weighted by Crippen LogP contribution is -2.34. The number of hydrogen-bond acceptors (Lipinski definition) is 2. The summed E-state index contributed by atoms with van der Waals surface area (Å²) in [7, 11) is 1.77. The zero-order chi connectivity index (χ0) is 13.5. The monoisotopic (exact) mass is 252 g/mol. The fraction of sp³-hybridized carbons (Fsp3) is 0.500. The lowest BCUT2D eigenvalue weighted by Gasteiger charge is -2.20. The van der Waals surface area contributed by atoms with Crippen molar-refractivity contribution in [3.8, 4) is 0 Å². The molecule has 1 N–H and O–H groups in total. The van der Waals surface area contributed by atoms with Gasteiger partial charge in [0.1, 0.15) is 5.82 Å². The minimum atomic E-state index is -0.256. The molecular weight excluding hydrogens is 231 g/mol. The highest BCUT2D eigenvalue weighted by molar-refractivity contribution is 5.76. The van der Waals surface area contributed by atoms with Crippen molar-refractivity contribution in [2.75, 3.05) is 13.6 Å². The van der Waals surface area contributed by atoms with Crippen molar-refractivity contribution < 1.29 is 9.18 Å². The van der Waals surface area contributed by atoms with Gasteiger partial charge in [-0.2, -0.15) is 0 Å². The highest BCUT2D eigenvalue weighted by atomic mass is 19.1. The standard InChI is InChI=1S/C14H21FN2O/c1-4-16-11(2)9-14(18)17(3)10-12-5-7-13(15)8-6-12/h5-8,11,16H,4,9-10H2,1-3H3. The van der Waals surface area contributed by atoms with Crippen molar-refractivity contribution in [1.29, 1.82) is 0 Å². The van der Waals surface area contributed by atoms with E-state index in [2.05, 4.69) is 5.32 Å². The van der Waals surface area contributed by atoms with E-state index in [1.807, 2.05) is 13.8 Å². The molecule has 0 aromatic heterocycles. The summed E-state index contributed by atoms with van der Waals surface area (Å²) in [5, 5.41) is 3.21. The SMILES string of the molecule is CCNC(C)CC(=O)N(C)Cc1ccc(F)cc1. The Morgan fingerprint density at radius 2 is 2.00 bits per heavy atom. The van der Waals surface area contributed by atoms with Gasteiger partial charge in [-0.05, 0) is 31.2 Å². The van der Waals surface area contributed by atoms with Gasteiger partial charge >= 0.3 is 0 Å². The van der Waals surface area contributed by atoms with E-state index < -0.39 is 0 Å². The summed E-state index contributed by atoms with van der Waals surface area (Å²) in [5.74, 6) is -0.165. The third kappa shape index (κ3) is 4.84. The number of nitrogens with zero attached hydrogens (tertiary/aromatic N) is 1. The number of nitrogens with one attached hydrogen (secondary N) is 1. The number of carbonyl (C=O) groups excluding carboxylic acids is 1. The van der Waals surface area contributed by atoms with Crippen LogP contribution in [-0.2, 0) is 11.3 Å². The molecule has 1 aromatic rings. The van der Waals surface area contributed by atoms with Gasteiger partial charge in [0, 0.05) is 26.1 Å². The van der Waals surface area contributed by atoms with Crippen molar-refractivity contribution in [2.24, 2.45) is 0 Å². The lowest BCUT2D eigenvalue weighted by atomic mass is 10.2. The Morgan fingerprint density at radius 1 is 1.39 bits per heavy atom. The molecule has 0 aliphatic rings. The van der Waals surface area contributed by atoms with Gasteiger partial charge in [0.05, 0.1) is 0 Å². The van der Waals surface area contributed by atoms with E-state index >= 15 is 0 Å². The highest BCUT2D eigenvalue weighted by Crippen LogP contribution is 2.07. The maximum absolute atomic E-state index is 12.8. The molecule has 0 radical (unpaired) electrons. The van der Waals surface area contributed by atoms with Crippen LogP contribution in [0.3, 0.4) is 0 Å². The van der Waals surface area contributed by atoms with Gasteiger partial charge in [-0.3, -0.25) is 4.79 Å². The summed E-state index contributed by atoms with van der Waals surface area (Å²) in [5.41, 5.74) is 0.934. The number of rotatable bonds is 6. The van der Waals surface area contributed by atoms with Gasteiger partial charge in [0.2, 0.25) is 5.91 Å². The Balaban J connectivity index is 2.46. The second-order valence-corrected chi connectivity index (χ2v) is 4.54. The van der Waals surface area contributed by atoms with Crippen LogP contribution in [0.25, 0.3) is 0 Å². The normalized spacial score (nSPS) is 12.2. The van der Waals surface area contributed by atoms with Crippen LogP contribution in [0, 0.1) is 5.82 Å². The molecule has 1 aromatic carbocycles. The molecule has 1 atom stereocenters. The lowest BCUT2D eigenvalue weighted by molar-refractivity contribution is -0.130. The molecule has 0 saturated heterocycles. The van der Waals surface area contributed by atoms with Crippen LogP contribution in [0.5, 0.6) is 0 Å². The van der Waals surface area contributed by atoms with Crippen LogP contribution in [0.15, 0.2) is 24.3 Å². The first kappa shape index (κ1) is 14.6. The molecular formula is C14H21FN2O. The average molecular weight is 252 g/mol. The van der Waals surface area contributed by atoms with Gasteiger partial charge in [-0.25, -0.2) is 4.39 Å². The minimum Gasteiger partial charge on any atom is -0.341 e. The second kappa shape index (κ2) is 7.11. The molecule has 1 unspecified atom stereocenters. The summed E-state index contributed by atoms with van der Waals surface area (Å²) < 4.78 is 12.8. The zero-order valence-corrected chi connectivity index (χ0v) is 11.2. The quantitative estimate of drug-likeness (QED) is 0.841. The van der Waals surface area contributed by atoms with Crippen molar-refractivity contribution in [2.45, 2.75) is 32.9 Å². The summed E-state index contributed by atoms with van der Waals surface area (Å²) in [6, 6.07) is 6.40. The van der Waals surface area contributed by atoms with E-state index in [0.29, 0.717) is 13.0 Å². The number of halogens is 1. The fourth-order valence-electron chi connectivity index (χ4n) is 1.79. The van der Waals surface area contributed by atoms with E-state index in [0.717, 1.165) is 12.1 Å².